The lowest BCUT2D eigenvalue weighted by Crippen LogP contribution is -2.47. The number of carbonyl (C=O) groups is 1. The number of guanidine groups is 1. The molecule has 1 aromatic heterocycles. The van der Waals surface area contributed by atoms with E-state index in [-0.39, 0.29) is 29.9 Å². The van der Waals surface area contributed by atoms with Gasteiger partial charge in [0, 0.05) is 39.5 Å². The van der Waals surface area contributed by atoms with Crippen molar-refractivity contribution in [2.45, 2.75) is 32.1 Å². The molecule has 1 amide bonds. The van der Waals surface area contributed by atoms with E-state index in [0.717, 1.165) is 56.8 Å². The fourth-order valence-electron chi connectivity index (χ4n) is 3.51. The summed E-state index contributed by atoms with van der Waals surface area (Å²) in [7, 11) is 1.81. The van der Waals surface area contributed by atoms with Crippen LogP contribution in [-0.4, -0.2) is 48.4 Å². The van der Waals surface area contributed by atoms with Crippen LogP contribution in [0.4, 0.5) is 0 Å². The number of carbonyl (C=O) groups excluding carboxylic acids is 1. The number of rotatable bonds is 6. The first-order valence-electron chi connectivity index (χ1n) is 9.24. The summed E-state index contributed by atoms with van der Waals surface area (Å²) in [5.74, 6) is 1.04. The summed E-state index contributed by atoms with van der Waals surface area (Å²) in [6.07, 6.45) is 4.58. The molecule has 0 spiro atoms. The van der Waals surface area contributed by atoms with Crippen molar-refractivity contribution < 1.29 is 4.79 Å². The molecule has 2 heterocycles. The smallest absolute Gasteiger partial charge is 0.217 e. The van der Waals surface area contributed by atoms with E-state index < -0.39 is 0 Å². The number of nitrogens with one attached hydrogen (secondary N) is 1. The van der Waals surface area contributed by atoms with Crippen molar-refractivity contribution in [3.63, 3.8) is 0 Å². The molecule has 1 saturated heterocycles. The number of halogens is 1. The van der Waals surface area contributed by atoms with Crippen LogP contribution in [0, 0.1) is 5.92 Å². The highest BCUT2D eigenvalue weighted by atomic mass is 127. The summed E-state index contributed by atoms with van der Waals surface area (Å²) >= 11 is 1.77. The first-order chi connectivity index (χ1) is 12.7. The van der Waals surface area contributed by atoms with Gasteiger partial charge in [0.05, 0.1) is 15.2 Å². The number of benzene rings is 1. The zero-order valence-electron chi connectivity index (χ0n) is 15.7. The van der Waals surface area contributed by atoms with Crippen LogP contribution in [0.15, 0.2) is 29.3 Å². The second-order valence-electron chi connectivity index (χ2n) is 6.78. The Balaban J connectivity index is 0.00000261. The number of nitrogens with zero attached hydrogens (tertiary/aromatic N) is 3. The molecule has 0 aliphatic carbocycles. The average molecular weight is 501 g/mol. The van der Waals surface area contributed by atoms with Crippen molar-refractivity contribution >= 4 is 57.4 Å². The number of likely N-dealkylation sites (tertiary alicyclic amines) is 1. The molecule has 8 heteroatoms. The molecule has 3 rings (SSSR count). The second-order valence-corrected chi connectivity index (χ2v) is 7.89. The number of hydrogen-bond acceptors (Lipinski definition) is 4. The van der Waals surface area contributed by atoms with Gasteiger partial charge >= 0.3 is 0 Å². The van der Waals surface area contributed by atoms with Gasteiger partial charge in [0.2, 0.25) is 5.91 Å². The molecule has 27 heavy (non-hydrogen) atoms. The Hall–Kier alpha value is -1.42. The third-order valence-corrected chi connectivity index (χ3v) is 5.81. The van der Waals surface area contributed by atoms with E-state index in [1.165, 1.54) is 9.71 Å². The maximum absolute atomic E-state index is 11.2. The third kappa shape index (κ3) is 6.31. The fourth-order valence-corrected chi connectivity index (χ4v) is 4.52. The molecule has 1 fully saturated rings. The zero-order valence-corrected chi connectivity index (χ0v) is 18.8. The van der Waals surface area contributed by atoms with Crippen LogP contribution in [0.3, 0.4) is 0 Å². The third-order valence-electron chi connectivity index (χ3n) is 4.71. The molecule has 6 nitrogen and oxygen atoms in total. The number of piperidine rings is 1. The first-order valence-corrected chi connectivity index (χ1v) is 10.1. The highest BCUT2D eigenvalue weighted by molar-refractivity contribution is 14.0. The summed E-state index contributed by atoms with van der Waals surface area (Å²) in [5, 5.41) is 4.64. The van der Waals surface area contributed by atoms with E-state index >= 15 is 0 Å². The van der Waals surface area contributed by atoms with Gasteiger partial charge in [0.15, 0.2) is 5.96 Å². The van der Waals surface area contributed by atoms with Gasteiger partial charge in [-0.1, -0.05) is 12.1 Å². The Morgan fingerprint density at radius 1 is 1.44 bits per heavy atom. The summed E-state index contributed by atoms with van der Waals surface area (Å²) in [4.78, 5) is 22.5. The quantitative estimate of drug-likeness (QED) is 0.276. The second kappa shape index (κ2) is 10.8. The van der Waals surface area contributed by atoms with Crippen molar-refractivity contribution in [3.05, 3.63) is 29.3 Å². The van der Waals surface area contributed by atoms with Gasteiger partial charge in [-0.2, -0.15) is 0 Å². The lowest BCUT2D eigenvalue weighted by molar-refractivity contribution is -0.119. The van der Waals surface area contributed by atoms with E-state index in [4.69, 9.17) is 5.73 Å². The Morgan fingerprint density at radius 3 is 3.00 bits per heavy atom. The van der Waals surface area contributed by atoms with E-state index in [2.05, 4.69) is 38.4 Å². The molecular formula is C19H28IN5OS. The minimum absolute atomic E-state index is 0. The number of thiazole rings is 1. The molecule has 1 aliphatic heterocycles. The lowest BCUT2D eigenvalue weighted by atomic mass is 9.95. The predicted molar refractivity (Wildman–Crippen MR) is 123 cm³/mol. The van der Waals surface area contributed by atoms with Crippen LogP contribution in [0.1, 0.15) is 30.7 Å². The standard InChI is InChI=1S/C19H27N5OS.HI/c1-21-19(24-11-5-6-14(13-24)12-17(20)25)22-10-4-9-18-23-15-7-2-3-8-16(15)26-18;/h2-3,7-8,14H,4-6,9-13H2,1H3,(H2,20,25)(H,21,22);1H. The number of aryl methyl sites for hydroxylation is 1. The molecule has 1 atom stereocenters. The summed E-state index contributed by atoms with van der Waals surface area (Å²) in [6, 6.07) is 8.27. The topological polar surface area (TPSA) is 83.6 Å². The molecular weight excluding hydrogens is 473 g/mol. The van der Waals surface area contributed by atoms with Gasteiger partial charge in [-0.15, -0.1) is 35.3 Å². The Kier molecular flexibility index (Phi) is 8.75. The van der Waals surface area contributed by atoms with Gasteiger partial charge in [-0.25, -0.2) is 4.98 Å². The van der Waals surface area contributed by atoms with Gasteiger partial charge in [0.1, 0.15) is 0 Å². The Morgan fingerprint density at radius 2 is 2.26 bits per heavy atom. The summed E-state index contributed by atoms with van der Waals surface area (Å²) in [6.45, 7) is 2.69. The van der Waals surface area contributed by atoms with Gasteiger partial charge in [-0.05, 0) is 37.3 Å². The molecule has 1 aliphatic rings. The maximum Gasteiger partial charge on any atom is 0.217 e. The highest BCUT2D eigenvalue weighted by Crippen LogP contribution is 2.22. The van der Waals surface area contributed by atoms with Gasteiger partial charge in [-0.3, -0.25) is 9.79 Å². The van der Waals surface area contributed by atoms with Crippen LogP contribution < -0.4 is 11.1 Å². The largest absolute Gasteiger partial charge is 0.370 e. The summed E-state index contributed by atoms with van der Waals surface area (Å²) in [5.41, 5.74) is 6.44. The summed E-state index contributed by atoms with van der Waals surface area (Å²) < 4.78 is 1.25. The number of para-hydroxylation sites is 1. The molecule has 1 aromatic carbocycles. The van der Waals surface area contributed by atoms with Gasteiger partial charge < -0.3 is 16.0 Å². The minimum Gasteiger partial charge on any atom is -0.370 e. The number of nitrogens with two attached hydrogens (primary N) is 1. The van der Waals surface area contributed by atoms with Crippen molar-refractivity contribution in [2.75, 3.05) is 26.7 Å². The van der Waals surface area contributed by atoms with E-state index in [1.54, 1.807) is 11.3 Å². The number of aromatic nitrogens is 1. The minimum atomic E-state index is -0.212. The SMILES string of the molecule is CN=C(NCCCc1nc2ccccc2s1)N1CCCC(CC(N)=O)C1.I. The van der Waals surface area contributed by atoms with Crippen molar-refractivity contribution in [1.29, 1.82) is 0 Å². The maximum atomic E-state index is 11.2. The van der Waals surface area contributed by atoms with Gasteiger partial charge in [0.25, 0.3) is 0 Å². The van der Waals surface area contributed by atoms with Crippen LogP contribution >= 0.6 is 35.3 Å². The number of amides is 1. The van der Waals surface area contributed by atoms with Crippen molar-refractivity contribution in [1.82, 2.24) is 15.2 Å². The van der Waals surface area contributed by atoms with Crippen LogP contribution in [-0.2, 0) is 11.2 Å². The van der Waals surface area contributed by atoms with Crippen molar-refractivity contribution in [2.24, 2.45) is 16.6 Å². The highest BCUT2D eigenvalue weighted by Gasteiger charge is 2.23. The molecule has 0 bridgehead atoms. The molecule has 0 radical (unpaired) electrons. The molecule has 3 N–H and O–H groups in total. The van der Waals surface area contributed by atoms with E-state index in [1.807, 2.05) is 13.1 Å². The van der Waals surface area contributed by atoms with E-state index in [0.29, 0.717) is 12.3 Å². The zero-order chi connectivity index (χ0) is 18.4. The molecule has 148 valence electrons. The lowest BCUT2D eigenvalue weighted by Gasteiger charge is -2.34. The normalized spacial score (nSPS) is 17.6. The Bertz CT molecular complexity index is 745. The monoisotopic (exact) mass is 501 g/mol. The van der Waals surface area contributed by atoms with E-state index in [9.17, 15) is 4.79 Å². The van der Waals surface area contributed by atoms with Crippen molar-refractivity contribution in [3.8, 4) is 0 Å². The molecule has 0 saturated carbocycles. The van der Waals surface area contributed by atoms with Crippen LogP contribution in [0.25, 0.3) is 10.2 Å². The number of aliphatic imine (C=N–C) groups is 1. The van der Waals surface area contributed by atoms with Crippen LogP contribution in [0.5, 0.6) is 0 Å². The average Bonchev–Trinajstić information content (AvgIpc) is 3.04. The van der Waals surface area contributed by atoms with Crippen LogP contribution in [0.2, 0.25) is 0 Å². The molecule has 1 unspecified atom stereocenters. The fraction of sp³-hybridized carbons (Fsp3) is 0.526. The molecule has 2 aromatic rings. The predicted octanol–water partition coefficient (Wildman–Crippen LogP) is 3.01. The number of primary amides is 1. The number of hydrogen-bond donors (Lipinski definition) is 2. The first kappa shape index (κ1) is 21.9. The Labute approximate surface area is 181 Å². The number of fused-ring (bicyclic) bond motifs is 1.